The average Bonchev–Trinajstić information content (AvgIpc) is 2.17. The number of hydrogen-bond acceptors (Lipinski definition) is 4. The van der Waals surface area contributed by atoms with Crippen LogP contribution >= 0.6 is 0 Å². The number of carbonyl (C=O) groups is 3. The van der Waals surface area contributed by atoms with Crippen LogP contribution in [-0.2, 0) is 14.3 Å². The highest BCUT2D eigenvalue weighted by Crippen LogP contribution is 2.17. The van der Waals surface area contributed by atoms with Crippen molar-refractivity contribution in [3.63, 3.8) is 0 Å². The number of carboxylic acid groups (broad SMARTS) is 1. The summed E-state index contributed by atoms with van der Waals surface area (Å²) in [6.45, 7) is 4.88. The van der Waals surface area contributed by atoms with Crippen LogP contribution in [0.5, 0.6) is 0 Å². The van der Waals surface area contributed by atoms with E-state index in [1.807, 2.05) is 0 Å². The zero-order valence-electron chi connectivity index (χ0n) is 10.8. The molecule has 1 fully saturated rings. The van der Waals surface area contributed by atoms with E-state index in [0.29, 0.717) is 6.42 Å². The number of rotatable bonds is 2. The van der Waals surface area contributed by atoms with Gasteiger partial charge < -0.3 is 9.84 Å². The molecule has 1 heterocycles. The molecule has 0 aliphatic carbocycles. The minimum Gasteiger partial charge on any atom is -0.480 e. The summed E-state index contributed by atoms with van der Waals surface area (Å²) in [6, 6.07) is 0. The Bertz CT molecular complexity index is 361. The molecule has 0 atom stereocenters. The molecular weight excluding hydrogens is 240 g/mol. The highest BCUT2D eigenvalue weighted by atomic mass is 16.6. The Labute approximate surface area is 105 Å². The van der Waals surface area contributed by atoms with E-state index in [2.05, 4.69) is 0 Å². The van der Waals surface area contributed by atoms with E-state index >= 15 is 0 Å². The third kappa shape index (κ3) is 3.90. The number of ether oxygens (including phenoxy) is 1. The van der Waals surface area contributed by atoms with Gasteiger partial charge in [-0.25, -0.2) is 14.8 Å². The molecule has 0 aromatic carbocycles. The largest absolute Gasteiger partial charge is 0.480 e. The van der Waals surface area contributed by atoms with E-state index in [1.54, 1.807) is 20.8 Å². The van der Waals surface area contributed by atoms with Crippen LogP contribution in [0.15, 0.2) is 0 Å². The topological polar surface area (TPSA) is 87.2 Å². The standard InChI is InChI=1S/C11H18N2O5/c1-11(2,3)18-10(17)12-6-4-5-8(14)13(12)7-9(15)16/h4-7H2,1-3H3,(H,15,16). The van der Waals surface area contributed by atoms with Crippen LogP contribution in [0.2, 0.25) is 0 Å². The normalized spacial score (nSPS) is 16.7. The lowest BCUT2D eigenvalue weighted by molar-refractivity contribution is -0.162. The van der Waals surface area contributed by atoms with Gasteiger partial charge in [-0.15, -0.1) is 0 Å². The van der Waals surface area contributed by atoms with Gasteiger partial charge in [0.05, 0.1) is 0 Å². The monoisotopic (exact) mass is 258 g/mol. The minimum absolute atomic E-state index is 0.243. The fourth-order valence-electron chi connectivity index (χ4n) is 1.57. The fraction of sp³-hybridized carbons (Fsp3) is 0.727. The molecule has 0 aromatic rings. The molecule has 1 aliphatic heterocycles. The van der Waals surface area contributed by atoms with Gasteiger partial charge in [-0.2, -0.15) is 0 Å². The lowest BCUT2D eigenvalue weighted by atomic mass is 10.2. The van der Waals surface area contributed by atoms with Gasteiger partial charge >= 0.3 is 12.1 Å². The van der Waals surface area contributed by atoms with Gasteiger partial charge in [-0.3, -0.25) is 9.59 Å². The number of carbonyl (C=O) groups excluding carboxylic acids is 2. The summed E-state index contributed by atoms with van der Waals surface area (Å²) in [7, 11) is 0. The van der Waals surface area contributed by atoms with Crippen LogP contribution in [0, 0.1) is 0 Å². The quantitative estimate of drug-likeness (QED) is 0.793. The van der Waals surface area contributed by atoms with Crippen molar-refractivity contribution in [2.75, 3.05) is 13.1 Å². The molecule has 0 radical (unpaired) electrons. The van der Waals surface area contributed by atoms with E-state index < -0.39 is 24.2 Å². The number of hydrazine groups is 1. The second-order valence-electron chi connectivity index (χ2n) is 5.05. The molecule has 0 bridgehead atoms. The zero-order chi connectivity index (χ0) is 13.9. The predicted molar refractivity (Wildman–Crippen MR) is 61.5 cm³/mol. The zero-order valence-corrected chi connectivity index (χ0v) is 10.8. The summed E-state index contributed by atoms with van der Waals surface area (Å²) < 4.78 is 5.14. The van der Waals surface area contributed by atoms with Crippen molar-refractivity contribution in [1.29, 1.82) is 0 Å². The van der Waals surface area contributed by atoms with Crippen LogP contribution in [0.3, 0.4) is 0 Å². The first kappa shape index (κ1) is 14.3. The van der Waals surface area contributed by atoms with E-state index in [4.69, 9.17) is 9.84 Å². The molecule has 1 rings (SSSR count). The maximum absolute atomic E-state index is 11.9. The van der Waals surface area contributed by atoms with E-state index in [9.17, 15) is 14.4 Å². The van der Waals surface area contributed by atoms with Gasteiger partial charge in [-0.1, -0.05) is 0 Å². The molecular formula is C11H18N2O5. The SMILES string of the molecule is CC(C)(C)OC(=O)N1CCCC(=O)N1CC(=O)O. The first-order chi connectivity index (χ1) is 8.20. The molecule has 7 nitrogen and oxygen atoms in total. The lowest BCUT2D eigenvalue weighted by Gasteiger charge is -2.37. The number of hydrogen-bond donors (Lipinski definition) is 1. The molecule has 0 saturated carbocycles. The third-order valence-electron chi connectivity index (χ3n) is 2.23. The Morgan fingerprint density at radius 3 is 2.50 bits per heavy atom. The van der Waals surface area contributed by atoms with Crippen molar-refractivity contribution in [2.24, 2.45) is 0 Å². The first-order valence-corrected chi connectivity index (χ1v) is 5.73. The Kier molecular flexibility index (Phi) is 4.15. The molecule has 1 N–H and O–H groups in total. The first-order valence-electron chi connectivity index (χ1n) is 5.73. The van der Waals surface area contributed by atoms with E-state index in [-0.39, 0.29) is 18.9 Å². The Hall–Kier alpha value is -1.79. The van der Waals surface area contributed by atoms with Crippen LogP contribution in [0.25, 0.3) is 0 Å². The van der Waals surface area contributed by atoms with Gasteiger partial charge in [0, 0.05) is 13.0 Å². The second kappa shape index (κ2) is 5.24. The van der Waals surface area contributed by atoms with Crippen molar-refractivity contribution >= 4 is 18.0 Å². The highest BCUT2D eigenvalue weighted by Gasteiger charge is 2.33. The fourth-order valence-corrected chi connectivity index (χ4v) is 1.57. The summed E-state index contributed by atoms with van der Waals surface area (Å²) in [4.78, 5) is 34.2. The van der Waals surface area contributed by atoms with Gasteiger partial charge in [-0.05, 0) is 27.2 Å². The number of nitrogens with zero attached hydrogens (tertiary/aromatic N) is 2. The van der Waals surface area contributed by atoms with E-state index in [0.717, 1.165) is 10.0 Å². The van der Waals surface area contributed by atoms with Crippen molar-refractivity contribution in [1.82, 2.24) is 10.0 Å². The maximum Gasteiger partial charge on any atom is 0.429 e. The number of carboxylic acids is 1. The molecule has 2 amide bonds. The molecule has 0 aromatic heterocycles. The Morgan fingerprint density at radius 1 is 1.39 bits per heavy atom. The summed E-state index contributed by atoms with van der Waals surface area (Å²) in [6.07, 6.45) is 0.0534. The molecule has 1 aliphatic rings. The van der Waals surface area contributed by atoms with Crippen molar-refractivity contribution in [3.05, 3.63) is 0 Å². The van der Waals surface area contributed by atoms with Crippen LogP contribution in [-0.4, -0.2) is 51.8 Å². The summed E-state index contributed by atoms with van der Waals surface area (Å²) in [5.41, 5.74) is -0.688. The Morgan fingerprint density at radius 2 is 2.00 bits per heavy atom. The van der Waals surface area contributed by atoms with Crippen LogP contribution in [0.1, 0.15) is 33.6 Å². The van der Waals surface area contributed by atoms with Crippen LogP contribution < -0.4 is 0 Å². The summed E-state index contributed by atoms with van der Waals surface area (Å²) >= 11 is 0. The molecule has 0 spiro atoms. The second-order valence-corrected chi connectivity index (χ2v) is 5.05. The summed E-state index contributed by atoms with van der Waals surface area (Å²) in [5.74, 6) is -1.55. The number of amides is 2. The summed E-state index contributed by atoms with van der Waals surface area (Å²) in [5, 5.41) is 10.7. The molecule has 102 valence electrons. The van der Waals surface area contributed by atoms with Crippen LogP contribution in [0.4, 0.5) is 4.79 Å². The van der Waals surface area contributed by atoms with Crippen molar-refractivity contribution in [3.8, 4) is 0 Å². The van der Waals surface area contributed by atoms with Gasteiger partial charge in [0.1, 0.15) is 12.1 Å². The third-order valence-corrected chi connectivity index (χ3v) is 2.23. The molecule has 7 heteroatoms. The maximum atomic E-state index is 11.9. The highest BCUT2D eigenvalue weighted by molar-refractivity contribution is 5.84. The molecule has 0 unspecified atom stereocenters. The Balaban J connectivity index is 2.79. The molecule has 18 heavy (non-hydrogen) atoms. The van der Waals surface area contributed by atoms with Crippen molar-refractivity contribution in [2.45, 2.75) is 39.2 Å². The predicted octanol–water partition coefficient (Wildman–Crippen LogP) is 0.846. The van der Waals surface area contributed by atoms with E-state index in [1.165, 1.54) is 0 Å². The van der Waals surface area contributed by atoms with Crippen molar-refractivity contribution < 1.29 is 24.2 Å². The lowest BCUT2D eigenvalue weighted by Crippen LogP contribution is -2.55. The molecule has 1 saturated heterocycles. The van der Waals surface area contributed by atoms with Gasteiger partial charge in [0.2, 0.25) is 5.91 Å². The smallest absolute Gasteiger partial charge is 0.429 e. The number of aliphatic carboxylic acids is 1. The average molecular weight is 258 g/mol. The minimum atomic E-state index is -1.17. The van der Waals surface area contributed by atoms with Gasteiger partial charge in [0.15, 0.2) is 0 Å². The van der Waals surface area contributed by atoms with Gasteiger partial charge in [0.25, 0.3) is 0 Å².